The maximum absolute atomic E-state index is 13.0. The molecule has 1 atom stereocenters. The maximum atomic E-state index is 13.0. The minimum atomic E-state index is -0.548. The third-order valence-electron chi connectivity index (χ3n) is 5.61. The molecule has 0 bridgehead atoms. The highest BCUT2D eigenvalue weighted by Crippen LogP contribution is 2.33. The lowest BCUT2D eigenvalue weighted by atomic mass is 10.0. The van der Waals surface area contributed by atoms with E-state index in [4.69, 9.17) is 18.6 Å². The zero-order valence-electron chi connectivity index (χ0n) is 19.3. The summed E-state index contributed by atoms with van der Waals surface area (Å²) in [5, 5.41) is 5.89. The van der Waals surface area contributed by atoms with Crippen molar-refractivity contribution in [2.24, 2.45) is 5.10 Å². The number of hydrogen-bond donors (Lipinski definition) is 0. The molecule has 0 aliphatic carbocycles. The Hall–Kier alpha value is -4.07. The largest absolute Gasteiger partial charge is 0.497 e. The Labute approximate surface area is 197 Å². The smallest absolute Gasteiger partial charge is 0.310 e. The summed E-state index contributed by atoms with van der Waals surface area (Å²) in [6.07, 6.45) is 2.02. The zero-order valence-corrected chi connectivity index (χ0v) is 19.3. The van der Waals surface area contributed by atoms with E-state index in [1.807, 2.05) is 31.2 Å². The first-order valence-electron chi connectivity index (χ1n) is 10.8. The van der Waals surface area contributed by atoms with Crippen LogP contribution in [0.15, 0.2) is 70.4 Å². The fourth-order valence-electron chi connectivity index (χ4n) is 3.78. The molecule has 34 heavy (non-hydrogen) atoms. The average molecular weight is 463 g/mol. The number of esters is 1. The van der Waals surface area contributed by atoms with Crippen LogP contribution in [-0.2, 0) is 20.7 Å². The van der Waals surface area contributed by atoms with Gasteiger partial charge in [0.1, 0.15) is 23.3 Å². The number of aryl methyl sites for hydroxylation is 1. The predicted octanol–water partition coefficient (Wildman–Crippen LogP) is 4.07. The van der Waals surface area contributed by atoms with Crippen molar-refractivity contribution in [2.75, 3.05) is 20.8 Å². The number of methoxy groups -OCH3 is 2. The van der Waals surface area contributed by atoms with Gasteiger partial charge in [-0.25, -0.2) is 5.01 Å². The van der Waals surface area contributed by atoms with Crippen molar-refractivity contribution in [1.82, 2.24) is 5.01 Å². The van der Waals surface area contributed by atoms with Gasteiger partial charge in [-0.1, -0.05) is 35.9 Å². The Morgan fingerprint density at radius 3 is 2.56 bits per heavy atom. The zero-order chi connectivity index (χ0) is 24.1. The number of furan rings is 1. The third-order valence-corrected chi connectivity index (χ3v) is 5.61. The van der Waals surface area contributed by atoms with Crippen molar-refractivity contribution in [3.63, 3.8) is 0 Å². The van der Waals surface area contributed by atoms with Crippen LogP contribution in [0.1, 0.15) is 34.9 Å². The standard InChI is InChI=1S/C26H26N2O6/c1-17-6-8-18(9-7-17)21-15-22(23-5-4-12-33-23)28(27-21)25(29)16-34-26(30)13-19-10-11-20(31-2)14-24(19)32-3/h4-12,14,22H,13,15-16H2,1-3H3. The van der Waals surface area contributed by atoms with Crippen molar-refractivity contribution >= 4 is 17.6 Å². The van der Waals surface area contributed by atoms with Crippen LogP contribution in [0.4, 0.5) is 0 Å². The number of hydrogen-bond acceptors (Lipinski definition) is 7. The average Bonchev–Trinajstić information content (AvgIpc) is 3.53. The highest BCUT2D eigenvalue weighted by molar-refractivity contribution is 6.03. The third kappa shape index (κ3) is 5.11. The van der Waals surface area contributed by atoms with E-state index < -0.39 is 24.5 Å². The minimum Gasteiger partial charge on any atom is -0.497 e. The Bertz CT molecular complexity index is 1180. The van der Waals surface area contributed by atoms with Crippen LogP contribution < -0.4 is 9.47 Å². The van der Waals surface area contributed by atoms with Crippen LogP contribution in [0.5, 0.6) is 11.5 Å². The molecule has 1 aromatic heterocycles. The predicted molar refractivity (Wildman–Crippen MR) is 125 cm³/mol. The van der Waals surface area contributed by atoms with Crippen LogP contribution in [-0.4, -0.2) is 43.4 Å². The molecule has 0 spiro atoms. The summed E-state index contributed by atoms with van der Waals surface area (Å²) in [7, 11) is 3.06. The summed E-state index contributed by atoms with van der Waals surface area (Å²) in [5.74, 6) is 0.761. The lowest BCUT2D eigenvalue weighted by molar-refractivity contribution is -0.152. The first kappa shape index (κ1) is 23.1. The van der Waals surface area contributed by atoms with Gasteiger partial charge < -0.3 is 18.6 Å². The second-order valence-electron chi connectivity index (χ2n) is 7.90. The van der Waals surface area contributed by atoms with Crippen molar-refractivity contribution in [1.29, 1.82) is 0 Å². The number of benzene rings is 2. The van der Waals surface area contributed by atoms with E-state index in [0.717, 1.165) is 16.8 Å². The molecular weight excluding hydrogens is 436 g/mol. The molecule has 3 aromatic rings. The molecule has 0 saturated carbocycles. The molecule has 8 nitrogen and oxygen atoms in total. The molecule has 4 rings (SSSR count). The van der Waals surface area contributed by atoms with Gasteiger partial charge in [-0.15, -0.1) is 0 Å². The van der Waals surface area contributed by atoms with Gasteiger partial charge >= 0.3 is 5.97 Å². The van der Waals surface area contributed by atoms with Gasteiger partial charge in [0.2, 0.25) is 0 Å². The van der Waals surface area contributed by atoms with Crippen molar-refractivity contribution in [3.8, 4) is 11.5 Å². The molecule has 1 amide bonds. The van der Waals surface area contributed by atoms with Crippen molar-refractivity contribution in [2.45, 2.75) is 25.8 Å². The summed E-state index contributed by atoms with van der Waals surface area (Å²) in [5.41, 5.74) is 3.47. The lowest BCUT2D eigenvalue weighted by Crippen LogP contribution is -2.31. The normalized spacial score (nSPS) is 15.1. The number of nitrogens with zero attached hydrogens (tertiary/aromatic N) is 2. The first-order valence-corrected chi connectivity index (χ1v) is 10.8. The highest BCUT2D eigenvalue weighted by Gasteiger charge is 2.35. The van der Waals surface area contributed by atoms with Gasteiger partial charge in [-0.3, -0.25) is 9.59 Å². The lowest BCUT2D eigenvalue weighted by Gasteiger charge is -2.19. The second kappa shape index (κ2) is 10.2. The summed E-state index contributed by atoms with van der Waals surface area (Å²) in [6, 6.07) is 16.3. The van der Waals surface area contributed by atoms with Gasteiger partial charge in [0.25, 0.3) is 5.91 Å². The number of rotatable bonds is 8. The Kier molecular flexibility index (Phi) is 6.96. The van der Waals surface area contributed by atoms with E-state index in [2.05, 4.69) is 5.10 Å². The Morgan fingerprint density at radius 1 is 1.09 bits per heavy atom. The Morgan fingerprint density at radius 2 is 1.88 bits per heavy atom. The maximum Gasteiger partial charge on any atom is 0.310 e. The number of amides is 1. The number of ether oxygens (including phenoxy) is 3. The fourth-order valence-corrected chi connectivity index (χ4v) is 3.78. The molecule has 0 saturated heterocycles. The molecule has 8 heteroatoms. The van der Waals surface area contributed by atoms with Gasteiger partial charge in [-0.2, -0.15) is 5.10 Å². The van der Waals surface area contributed by atoms with Crippen LogP contribution in [0.25, 0.3) is 0 Å². The van der Waals surface area contributed by atoms with E-state index >= 15 is 0 Å². The van der Waals surface area contributed by atoms with Gasteiger partial charge in [0, 0.05) is 18.1 Å². The SMILES string of the molecule is COc1ccc(CC(=O)OCC(=O)N2N=C(c3ccc(C)cc3)CC2c2ccco2)c(OC)c1. The highest BCUT2D eigenvalue weighted by atomic mass is 16.5. The first-order chi connectivity index (χ1) is 16.5. The summed E-state index contributed by atoms with van der Waals surface area (Å²) >= 11 is 0. The molecule has 0 N–H and O–H groups in total. The van der Waals surface area contributed by atoms with Gasteiger partial charge in [0.15, 0.2) is 6.61 Å². The second-order valence-corrected chi connectivity index (χ2v) is 7.90. The topological polar surface area (TPSA) is 90.6 Å². The molecule has 2 heterocycles. The molecule has 176 valence electrons. The molecule has 0 radical (unpaired) electrons. The fraction of sp³-hybridized carbons (Fsp3) is 0.269. The monoisotopic (exact) mass is 462 g/mol. The summed E-state index contributed by atoms with van der Waals surface area (Å²) in [4.78, 5) is 25.5. The van der Waals surface area contributed by atoms with Gasteiger partial charge in [-0.05, 0) is 30.7 Å². The Balaban J connectivity index is 1.44. The quantitative estimate of drug-likeness (QED) is 0.469. The van der Waals surface area contributed by atoms with E-state index in [0.29, 0.717) is 29.2 Å². The van der Waals surface area contributed by atoms with E-state index in [1.165, 1.54) is 12.1 Å². The summed E-state index contributed by atoms with van der Waals surface area (Å²) in [6.45, 7) is 1.58. The summed E-state index contributed by atoms with van der Waals surface area (Å²) < 4.78 is 21.3. The van der Waals surface area contributed by atoms with E-state index in [1.54, 1.807) is 43.7 Å². The molecule has 1 unspecified atom stereocenters. The molecule has 1 aliphatic rings. The van der Waals surface area contributed by atoms with Crippen LogP contribution in [0, 0.1) is 6.92 Å². The molecule has 2 aromatic carbocycles. The van der Waals surface area contributed by atoms with Gasteiger partial charge in [0.05, 0.1) is 32.6 Å². The molecule has 0 fully saturated rings. The van der Waals surface area contributed by atoms with Crippen LogP contribution in [0.3, 0.4) is 0 Å². The minimum absolute atomic E-state index is 0.0417. The van der Waals surface area contributed by atoms with E-state index in [9.17, 15) is 9.59 Å². The molecular formula is C26H26N2O6. The van der Waals surface area contributed by atoms with Crippen LogP contribution in [0.2, 0.25) is 0 Å². The van der Waals surface area contributed by atoms with E-state index in [-0.39, 0.29) is 6.42 Å². The number of carbonyl (C=O) groups excluding carboxylic acids is 2. The number of hydrazone groups is 1. The molecule has 1 aliphatic heterocycles. The van der Waals surface area contributed by atoms with Crippen molar-refractivity contribution in [3.05, 3.63) is 83.3 Å². The number of carbonyl (C=O) groups is 2. The van der Waals surface area contributed by atoms with Crippen molar-refractivity contribution < 1.29 is 28.2 Å². The van der Waals surface area contributed by atoms with Crippen LogP contribution >= 0.6 is 0 Å².